The molecular weight excluding hydrogens is 216 g/mol. The average molecular weight is 238 g/mol. The zero-order valence-electron chi connectivity index (χ0n) is 10.6. The number of nitrogens with one attached hydrogen (secondary N) is 1. The van der Waals surface area contributed by atoms with Gasteiger partial charge in [-0.3, -0.25) is 4.90 Å². The summed E-state index contributed by atoms with van der Waals surface area (Å²) in [6.45, 7) is 6.28. The minimum absolute atomic E-state index is 0.234. The Labute approximate surface area is 103 Å². The van der Waals surface area contributed by atoms with Gasteiger partial charge in [0, 0.05) is 31.9 Å². The zero-order chi connectivity index (χ0) is 12.7. The molecule has 96 valence electrons. The molecule has 5 heteroatoms. The van der Waals surface area contributed by atoms with Crippen molar-refractivity contribution < 1.29 is 5.11 Å². The van der Waals surface area contributed by atoms with Crippen LogP contribution >= 0.6 is 0 Å². The molecule has 4 N–H and O–H groups in total. The van der Waals surface area contributed by atoms with Crippen molar-refractivity contribution in [1.82, 2.24) is 9.88 Å². The van der Waals surface area contributed by atoms with E-state index in [-0.39, 0.29) is 6.61 Å². The van der Waals surface area contributed by atoms with Crippen molar-refractivity contribution in [1.29, 1.82) is 0 Å². The van der Waals surface area contributed by atoms with Crippen LogP contribution in [-0.2, 0) is 6.54 Å². The first-order chi connectivity index (χ1) is 8.17. The number of nitrogens with two attached hydrogens (primary N) is 1. The van der Waals surface area contributed by atoms with Crippen molar-refractivity contribution in [3.63, 3.8) is 0 Å². The van der Waals surface area contributed by atoms with Gasteiger partial charge in [0.05, 0.1) is 0 Å². The van der Waals surface area contributed by atoms with Crippen LogP contribution in [0.25, 0.3) is 0 Å². The number of pyridine rings is 1. The molecule has 0 bridgehead atoms. The van der Waals surface area contributed by atoms with E-state index in [9.17, 15) is 0 Å². The third-order valence-electron chi connectivity index (χ3n) is 2.69. The third kappa shape index (κ3) is 4.68. The molecule has 1 rings (SSSR count). The predicted molar refractivity (Wildman–Crippen MR) is 69.3 cm³/mol. The molecule has 0 saturated heterocycles. The van der Waals surface area contributed by atoms with Crippen LogP contribution in [-0.4, -0.2) is 34.2 Å². The molecule has 5 nitrogen and oxygen atoms in total. The van der Waals surface area contributed by atoms with Gasteiger partial charge in [0.1, 0.15) is 5.82 Å². The second kappa shape index (κ2) is 7.21. The summed E-state index contributed by atoms with van der Waals surface area (Å²) < 4.78 is 0. The van der Waals surface area contributed by atoms with E-state index in [2.05, 4.69) is 29.2 Å². The molecule has 0 radical (unpaired) electrons. The van der Waals surface area contributed by atoms with Crippen molar-refractivity contribution in [3.05, 3.63) is 23.9 Å². The number of hydrogen-bond donors (Lipinski definition) is 3. The number of nitrogen functional groups attached to an aromatic ring is 1. The summed E-state index contributed by atoms with van der Waals surface area (Å²) in [5, 5.41) is 8.87. The van der Waals surface area contributed by atoms with Crippen LogP contribution in [0.1, 0.15) is 25.8 Å². The zero-order valence-corrected chi connectivity index (χ0v) is 10.6. The highest BCUT2D eigenvalue weighted by Gasteiger charge is 2.09. The number of hydrogen-bond acceptors (Lipinski definition) is 5. The van der Waals surface area contributed by atoms with Gasteiger partial charge in [-0.15, -0.1) is 0 Å². The molecule has 0 spiro atoms. The molecule has 0 unspecified atom stereocenters. The van der Waals surface area contributed by atoms with Crippen molar-refractivity contribution in [2.24, 2.45) is 5.84 Å². The maximum atomic E-state index is 8.87. The van der Waals surface area contributed by atoms with Crippen molar-refractivity contribution >= 4 is 5.82 Å². The topological polar surface area (TPSA) is 74.4 Å². The van der Waals surface area contributed by atoms with Gasteiger partial charge in [-0.05, 0) is 31.9 Å². The second-order valence-electron chi connectivity index (χ2n) is 4.34. The Balaban J connectivity index is 2.58. The van der Waals surface area contributed by atoms with E-state index in [1.165, 1.54) is 0 Å². The number of anilines is 1. The quantitative estimate of drug-likeness (QED) is 0.487. The average Bonchev–Trinajstić information content (AvgIpc) is 2.35. The highest BCUT2D eigenvalue weighted by molar-refractivity contribution is 5.33. The lowest BCUT2D eigenvalue weighted by Gasteiger charge is -2.26. The van der Waals surface area contributed by atoms with E-state index in [1.807, 2.05) is 18.3 Å². The van der Waals surface area contributed by atoms with E-state index in [4.69, 9.17) is 10.9 Å². The number of rotatable bonds is 7. The summed E-state index contributed by atoms with van der Waals surface area (Å²) in [5.74, 6) is 5.93. The Bertz CT molecular complexity index is 313. The standard InChI is InChI=1S/C12H22N4O/c1-10(2)16(6-3-7-17)9-11-4-5-12(15-13)14-8-11/h4-5,8,10,17H,3,6-7,9,13H2,1-2H3,(H,14,15). The Morgan fingerprint density at radius 1 is 1.47 bits per heavy atom. The molecule has 1 aromatic rings. The number of hydrazine groups is 1. The maximum absolute atomic E-state index is 8.87. The van der Waals surface area contributed by atoms with Crippen LogP contribution in [0.4, 0.5) is 5.82 Å². The maximum Gasteiger partial charge on any atom is 0.139 e. The number of aliphatic hydroxyl groups excluding tert-OH is 1. The van der Waals surface area contributed by atoms with Gasteiger partial charge in [-0.25, -0.2) is 10.8 Å². The fourth-order valence-corrected chi connectivity index (χ4v) is 1.63. The molecule has 17 heavy (non-hydrogen) atoms. The first kappa shape index (κ1) is 13.9. The summed E-state index contributed by atoms with van der Waals surface area (Å²) in [5.41, 5.74) is 3.66. The minimum Gasteiger partial charge on any atom is -0.396 e. The van der Waals surface area contributed by atoms with Crippen LogP contribution in [0.15, 0.2) is 18.3 Å². The summed E-state index contributed by atoms with van der Waals surface area (Å²) in [6, 6.07) is 4.32. The number of aromatic nitrogens is 1. The monoisotopic (exact) mass is 238 g/mol. The minimum atomic E-state index is 0.234. The molecule has 0 fully saturated rings. The number of aliphatic hydroxyl groups is 1. The fourth-order valence-electron chi connectivity index (χ4n) is 1.63. The summed E-state index contributed by atoms with van der Waals surface area (Å²) in [4.78, 5) is 6.49. The smallest absolute Gasteiger partial charge is 0.139 e. The molecule has 0 atom stereocenters. The summed E-state index contributed by atoms with van der Waals surface area (Å²) >= 11 is 0. The van der Waals surface area contributed by atoms with Crippen LogP contribution in [0.5, 0.6) is 0 Å². The number of nitrogens with zero attached hydrogens (tertiary/aromatic N) is 2. The Morgan fingerprint density at radius 3 is 2.71 bits per heavy atom. The van der Waals surface area contributed by atoms with Gasteiger partial charge in [-0.1, -0.05) is 6.07 Å². The highest BCUT2D eigenvalue weighted by atomic mass is 16.3. The Morgan fingerprint density at radius 2 is 2.24 bits per heavy atom. The molecule has 1 aromatic heterocycles. The van der Waals surface area contributed by atoms with E-state index < -0.39 is 0 Å². The van der Waals surface area contributed by atoms with Crippen molar-refractivity contribution in [2.75, 3.05) is 18.6 Å². The molecule has 0 aliphatic rings. The van der Waals surface area contributed by atoms with E-state index in [0.717, 1.165) is 25.1 Å². The van der Waals surface area contributed by atoms with Crippen LogP contribution in [0.2, 0.25) is 0 Å². The molecular formula is C12H22N4O. The SMILES string of the molecule is CC(C)N(CCCO)Cc1ccc(NN)nc1. The molecule has 0 amide bonds. The fraction of sp³-hybridized carbons (Fsp3) is 0.583. The van der Waals surface area contributed by atoms with Gasteiger partial charge in [-0.2, -0.15) is 0 Å². The normalized spacial score (nSPS) is 11.2. The highest BCUT2D eigenvalue weighted by Crippen LogP contribution is 2.10. The molecule has 0 saturated carbocycles. The second-order valence-corrected chi connectivity index (χ2v) is 4.34. The van der Waals surface area contributed by atoms with Crippen LogP contribution in [0.3, 0.4) is 0 Å². The van der Waals surface area contributed by atoms with Crippen LogP contribution in [0, 0.1) is 0 Å². The van der Waals surface area contributed by atoms with E-state index in [0.29, 0.717) is 11.9 Å². The van der Waals surface area contributed by atoms with Gasteiger partial charge >= 0.3 is 0 Å². The lowest BCUT2D eigenvalue weighted by molar-refractivity contribution is 0.184. The van der Waals surface area contributed by atoms with Crippen molar-refractivity contribution in [2.45, 2.75) is 32.9 Å². The molecule has 1 heterocycles. The molecule has 0 aliphatic carbocycles. The Hall–Kier alpha value is -1.17. The van der Waals surface area contributed by atoms with Gasteiger partial charge in [0.15, 0.2) is 0 Å². The summed E-state index contributed by atoms with van der Waals surface area (Å²) in [6.07, 6.45) is 2.62. The van der Waals surface area contributed by atoms with Gasteiger partial charge < -0.3 is 10.5 Å². The third-order valence-corrected chi connectivity index (χ3v) is 2.69. The first-order valence-corrected chi connectivity index (χ1v) is 5.93. The lowest BCUT2D eigenvalue weighted by atomic mass is 10.2. The van der Waals surface area contributed by atoms with Crippen molar-refractivity contribution in [3.8, 4) is 0 Å². The van der Waals surface area contributed by atoms with E-state index in [1.54, 1.807) is 0 Å². The molecule has 0 aliphatic heterocycles. The summed E-state index contributed by atoms with van der Waals surface area (Å²) in [7, 11) is 0. The van der Waals surface area contributed by atoms with Gasteiger partial charge in [0.2, 0.25) is 0 Å². The lowest BCUT2D eigenvalue weighted by Crippen LogP contribution is -2.31. The van der Waals surface area contributed by atoms with Gasteiger partial charge in [0.25, 0.3) is 0 Å². The molecule has 0 aromatic carbocycles. The first-order valence-electron chi connectivity index (χ1n) is 5.93. The Kier molecular flexibility index (Phi) is 5.90. The largest absolute Gasteiger partial charge is 0.396 e. The van der Waals surface area contributed by atoms with Crippen LogP contribution < -0.4 is 11.3 Å². The van der Waals surface area contributed by atoms with E-state index >= 15 is 0 Å². The predicted octanol–water partition coefficient (Wildman–Crippen LogP) is 0.960.